The Hall–Kier alpha value is -5.62. The van der Waals surface area contributed by atoms with Gasteiger partial charge in [0.2, 0.25) is 0 Å². The molecule has 288 valence electrons. The molecule has 0 atom stereocenters. The van der Waals surface area contributed by atoms with Gasteiger partial charge in [-0.25, -0.2) is 0 Å². The van der Waals surface area contributed by atoms with Crippen LogP contribution in [0.25, 0.3) is 33.2 Å². The predicted molar refractivity (Wildman–Crippen MR) is 233 cm³/mol. The zero-order valence-electron chi connectivity index (χ0n) is 34.0. The second-order valence-electron chi connectivity index (χ2n) is 17.1. The number of para-hydroxylation sites is 1. The average molecular weight is 746 g/mol. The summed E-state index contributed by atoms with van der Waals surface area (Å²) in [6, 6.07) is 33.8. The van der Waals surface area contributed by atoms with Gasteiger partial charge in [0.15, 0.2) is 5.78 Å². The van der Waals surface area contributed by atoms with Crippen LogP contribution in [0, 0.1) is 5.41 Å². The van der Waals surface area contributed by atoms with Crippen LogP contribution in [-0.2, 0) is 5.41 Å². The third-order valence-electron chi connectivity index (χ3n) is 10.9. The van der Waals surface area contributed by atoms with Crippen molar-refractivity contribution in [3.05, 3.63) is 126 Å². The molecule has 0 saturated heterocycles. The van der Waals surface area contributed by atoms with E-state index >= 15 is 0 Å². The summed E-state index contributed by atoms with van der Waals surface area (Å²) >= 11 is 0. The summed E-state index contributed by atoms with van der Waals surface area (Å²) in [5.74, 6) is 1.36. The number of carbonyl (C=O) groups is 1. The van der Waals surface area contributed by atoms with Gasteiger partial charge in [-0.3, -0.25) is 9.78 Å². The van der Waals surface area contributed by atoms with E-state index in [1.54, 1.807) is 6.20 Å². The van der Waals surface area contributed by atoms with E-state index in [9.17, 15) is 9.90 Å². The number of ketones is 1. The Morgan fingerprint density at radius 3 is 2.05 bits per heavy atom. The fraction of sp³-hybridized carbons (Fsp3) is 0.320. The quantitative estimate of drug-likeness (QED) is 0.115. The van der Waals surface area contributed by atoms with E-state index in [-0.39, 0.29) is 22.4 Å². The largest absolute Gasteiger partial charge is 0.507 e. The number of nitrogens with one attached hydrogen (secondary N) is 1. The molecule has 5 aromatic carbocycles. The number of aromatic hydroxyl groups is 1. The lowest BCUT2D eigenvalue weighted by Gasteiger charge is -2.33. The molecule has 6 heteroatoms. The maximum absolute atomic E-state index is 14.7. The number of rotatable bonds is 14. The van der Waals surface area contributed by atoms with E-state index in [1.165, 1.54) is 5.56 Å². The van der Waals surface area contributed by atoms with Gasteiger partial charge in [0.25, 0.3) is 0 Å². The molecule has 0 amide bonds. The first-order chi connectivity index (χ1) is 26.9. The van der Waals surface area contributed by atoms with Crippen LogP contribution in [0.2, 0.25) is 0 Å². The molecule has 0 saturated carbocycles. The van der Waals surface area contributed by atoms with Crippen LogP contribution in [0.15, 0.2) is 109 Å². The van der Waals surface area contributed by atoms with Crippen LogP contribution < -0.4 is 15.0 Å². The van der Waals surface area contributed by atoms with Crippen molar-refractivity contribution in [3.63, 3.8) is 0 Å². The zero-order valence-corrected chi connectivity index (χ0v) is 34.0. The summed E-state index contributed by atoms with van der Waals surface area (Å²) in [6.07, 6.45) is 7.21. The minimum Gasteiger partial charge on any atom is -0.507 e. The number of hydrogen-bond acceptors (Lipinski definition) is 6. The van der Waals surface area contributed by atoms with Crippen LogP contribution in [-0.4, -0.2) is 29.0 Å². The van der Waals surface area contributed by atoms with Crippen molar-refractivity contribution in [2.24, 2.45) is 5.41 Å². The van der Waals surface area contributed by atoms with Crippen LogP contribution in [0.3, 0.4) is 0 Å². The second kappa shape index (κ2) is 15.9. The summed E-state index contributed by atoms with van der Waals surface area (Å²) in [6.45, 7) is 17.7. The molecule has 0 unspecified atom stereocenters. The van der Waals surface area contributed by atoms with E-state index in [2.05, 4.69) is 76.9 Å². The number of pyridine rings is 1. The topological polar surface area (TPSA) is 74.7 Å². The molecular formula is C50H55N3O3. The first-order valence-corrected chi connectivity index (χ1v) is 20.2. The van der Waals surface area contributed by atoms with E-state index in [1.807, 2.05) is 84.9 Å². The first kappa shape index (κ1) is 38.6. The standard InChI is InChI=1S/C50H55N3O3/c1-8-10-27-53(28-11-9-2)35-23-26-39(42(54)29-35)47-45-37-19-15-16-20-38(37)48(55)46-41(52-34-17-13-12-14-18-34)30-43(40(31-51-47)44(45)46)56-36-24-21-33(22-25-36)50(6,7)32-49(3,4)5/h12-26,29-31,52,54H,8-11,27-28,32H2,1-7H3. The van der Waals surface area contributed by atoms with Gasteiger partial charge in [-0.05, 0) is 77.6 Å². The average Bonchev–Trinajstić information content (AvgIpc) is 3.17. The molecule has 2 N–H and O–H groups in total. The van der Waals surface area contributed by atoms with E-state index in [4.69, 9.17) is 9.72 Å². The fourth-order valence-corrected chi connectivity index (χ4v) is 8.48. The highest BCUT2D eigenvalue weighted by atomic mass is 16.5. The number of benzene rings is 5. The number of hydrogen-bond donors (Lipinski definition) is 2. The number of ether oxygens (including phenoxy) is 1. The molecule has 0 bridgehead atoms. The number of phenols is 1. The van der Waals surface area contributed by atoms with Gasteiger partial charge in [0.1, 0.15) is 17.2 Å². The lowest BCUT2D eigenvalue weighted by Crippen LogP contribution is -2.25. The van der Waals surface area contributed by atoms with Crippen molar-refractivity contribution in [3.8, 4) is 39.6 Å². The Balaban J connectivity index is 1.41. The number of phenolic OH excluding ortho intramolecular Hbond substituents is 1. The smallest absolute Gasteiger partial charge is 0.196 e. The van der Waals surface area contributed by atoms with E-state index in [0.29, 0.717) is 39.6 Å². The molecule has 0 aliphatic heterocycles. The molecule has 1 aliphatic carbocycles. The third kappa shape index (κ3) is 7.88. The summed E-state index contributed by atoms with van der Waals surface area (Å²) < 4.78 is 6.77. The number of nitrogens with zero attached hydrogens (tertiary/aromatic N) is 2. The van der Waals surface area contributed by atoms with Crippen LogP contribution in [0.5, 0.6) is 17.2 Å². The Kier molecular flexibility index (Phi) is 10.9. The molecule has 1 heterocycles. The number of carbonyl (C=O) groups excluding carboxylic acids is 1. The number of anilines is 3. The Labute approximate surface area is 332 Å². The van der Waals surface area contributed by atoms with Gasteiger partial charge in [0, 0.05) is 70.3 Å². The molecular weight excluding hydrogens is 691 g/mol. The lowest BCUT2D eigenvalue weighted by atomic mass is 9.72. The molecule has 56 heavy (non-hydrogen) atoms. The van der Waals surface area contributed by atoms with Crippen LogP contribution >= 0.6 is 0 Å². The van der Waals surface area contributed by atoms with Crippen molar-refractivity contribution in [2.75, 3.05) is 23.3 Å². The van der Waals surface area contributed by atoms with Crippen molar-refractivity contribution in [1.29, 1.82) is 0 Å². The molecule has 1 aliphatic rings. The molecule has 1 aromatic heterocycles. The first-order valence-electron chi connectivity index (χ1n) is 20.2. The van der Waals surface area contributed by atoms with Gasteiger partial charge in [-0.1, -0.05) is 116 Å². The summed E-state index contributed by atoms with van der Waals surface area (Å²) in [4.78, 5) is 22.1. The number of aromatic nitrogens is 1. The van der Waals surface area contributed by atoms with Gasteiger partial charge >= 0.3 is 0 Å². The highest BCUT2D eigenvalue weighted by Crippen LogP contribution is 2.51. The normalized spacial score (nSPS) is 12.4. The Morgan fingerprint density at radius 1 is 0.750 bits per heavy atom. The van der Waals surface area contributed by atoms with Crippen LogP contribution in [0.1, 0.15) is 102 Å². The summed E-state index contributed by atoms with van der Waals surface area (Å²) in [7, 11) is 0. The van der Waals surface area contributed by atoms with Gasteiger partial charge < -0.3 is 20.1 Å². The number of fused-ring (bicyclic) bond motifs is 2. The Morgan fingerprint density at radius 2 is 1.41 bits per heavy atom. The molecule has 0 radical (unpaired) electrons. The second-order valence-corrected chi connectivity index (χ2v) is 17.1. The Bertz CT molecular complexity index is 2350. The minimum absolute atomic E-state index is 0.00899. The molecule has 6 aromatic rings. The minimum atomic E-state index is -0.0762. The highest BCUT2D eigenvalue weighted by molar-refractivity contribution is 6.30. The van der Waals surface area contributed by atoms with Crippen molar-refractivity contribution >= 4 is 33.6 Å². The molecule has 7 rings (SSSR count). The molecule has 6 nitrogen and oxygen atoms in total. The van der Waals surface area contributed by atoms with Crippen molar-refractivity contribution in [2.45, 2.75) is 86.0 Å². The lowest BCUT2D eigenvalue weighted by molar-refractivity contribution is 0.104. The maximum Gasteiger partial charge on any atom is 0.196 e. The third-order valence-corrected chi connectivity index (χ3v) is 10.9. The van der Waals surface area contributed by atoms with Crippen molar-refractivity contribution in [1.82, 2.24) is 4.98 Å². The SMILES string of the molecule is CCCCN(CCCC)c1ccc(-c2ncc3c(Oc4ccc(C(C)(C)CC(C)(C)C)cc4)cc(Nc4ccccc4)c4c3c2-c2ccccc2C4=O)c(O)c1. The molecule has 0 spiro atoms. The maximum atomic E-state index is 14.7. The monoisotopic (exact) mass is 745 g/mol. The number of unbranched alkanes of at least 4 members (excludes halogenated alkanes) is 2. The predicted octanol–water partition coefficient (Wildman–Crippen LogP) is 13.5. The van der Waals surface area contributed by atoms with Crippen molar-refractivity contribution < 1.29 is 14.6 Å². The van der Waals surface area contributed by atoms with Gasteiger partial charge in [0.05, 0.1) is 16.9 Å². The van der Waals surface area contributed by atoms with Crippen LogP contribution in [0.4, 0.5) is 17.1 Å². The summed E-state index contributed by atoms with van der Waals surface area (Å²) in [5.41, 5.74) is 7.87. The highest BCUT2D eigenvalue weighted by Gasteiger charge is 2.33. The van der Waals surface area contributed by atoms with E-state index in [0.717, 1.165) is 78.5 Å². The van der Waals surface area contributed by atoms with E-state index < -0.39 is 0 Å². The fourth-order valence-electron chi connectivity index (χ4n) is 8.48. The summed E-state index contributed by atoms with van der Waals surface area (Å²) in [5, 5.41) is 16.8. The zero-order chi connectivity index (χ0) is 39.6. The van der Waals surface area contributed by atoms with Gasteiger partial charge in [-0.2, -0.15) is 0 Å². The molecule has 0 fully saturated rings. The van der Waals surface area contributed by atoms with Gasteiger partial charge in [-0.15, -0.1) is 0 Å².